The van der Waals surface area contributed by atoms with Gasteiger partial charge in [0.1, 0.15) is 0 Å². The molecule has 0 aromatic heterocycles. The van der Waals surface area contributed by atoms with Gasteiger partial charge in [0.25, 0.3) is 11.7 Å². The fraction of sp³-hybridized carbons (Fsp3) is 0.292. The van der Waals surface area contributed by atoms with Crippen molar-refractivity contribution >= 4 is 29.6 Å². The Bertz CT molecular complexity index is 1040. The van der Waals surface area contributed by atoms with Crippen molar-refractivity contribution < 1.29 is 38.6 Å². The molecule has 0 spiro atoms. The van der Waals surface area contributed by atoms with Gasteiger partial charge in [0.05, 0.1) is 11.1 Å². The van der Waals surface area contributed by atoms with Crippen LogP contribution in [-0.4, -0.2) is 53.0 Å². The molecule has 0 aliphatic carbocycles. The Hall–Kier alpha value is -4.01. The molecule has 0 fully saturated rings. The number of carboxylic acid groups (broad SMARTS) is 1. The molecule has 0 saturated carbocycles. The normalized spacial score (nSPS) is 12.4. The summed E-state index contributed by atoms with van der Waals surface area (Å²) in [7, 11) is 0. The first-order valence-corrected chi connectivity index (χ1v) is 10.1. The average molecular weight is 455 g/mol. The van der Waals surface area contributed by atoms with Crippen LogP contribution in [0.15, 0.2) is 48.5 Å². The van der Waals surface area contributed by atoms with E-state index in [4.69, 9.17) is 9.47 Å². The van der Waals surface area contributed by atoms with Gasteiger partial charge in [0, 0.05) is 6.04 Å². The lowest BCUT2D eigenvalue weighted by Crippen LogP contribution is -2.53. The smallest absolute Gasteiger partial charge is 0.376 e. The minimum atomic E-state index is -2.20. The van der Waals surface area contributed by atoms with Crippen LogP contribution in [0.1, 0.15) is 45.7 Å². The van der Waals surface area contributed by atoms with E-state index in [2.05, 4.69) is 5.32 Å². The number of carboxylic acids is 1. The Balaban J connectivity index is 2.41. The van der Waals surface area contributed by atoms with Crippen LogP contribution in [0.4, 0.5) is 0 Å². The number of ether oxygens (including phenoxy) is 2. The number of hydrogen-bond acceptors (Lipinski definition) is 7. The van der Waals surface area contributed by atoms with Gasteiger partial charge >= 0.3 is 17.9 Å². The Morgan fingerprint density at radius 1 is 0.727 bits per heavy atom. The highest BCUT2D eigenvalue weighted by atomic mass is 16.6. The van der Waals surface area contributed by atoms with Crippen LogP contribution in [-0.2, 0) is 23.9 Å². The monoisotopic (exact) mass is 455 g/mol. The first-order chi connectivity index (χ1) is 15.5. The molecule has 33 heavy (non-hydrogen) atoms. The standard InChI is InChI=1S/C24H25NO8/c1-13(2)25-21(27)20(33-24(31)17-11-7-15(4)8-12-17)19(18(26)22(28)29)32-23(30)16-9-5-14(3)6-10-16/h5-13,19-20H,1-4H3,(H,25,27)(H,28,29). The summed E-state index contributed by atoms with van der Waals surface area (Å²) in [5, 5.41) is 11.7. The van der Waals surface area contributed by atoms with E-state index in [-0.39, 0.29) is 11.1 Å². The molecule has 0 aliphatic rings. The Kier molecular flexibility index (Phi) is 8.44. The number of ketones is 1. The van der Waals surface area contributed by atoms with Crippen molar-refractivity contribution in [3.63, 3.8) is 0 Å². The van der Waals surface area contributed by atoms with Crippen molar-refractivity contribution in [2.75, 3.05) is 0 Å². The van der Waals surface area contributed by atoms with Crippen molar-refractivity contribution in [1.29, 1.82) is 0 Å². The van der Waals surface area contributed by atoms with E-state index in [9.17, 15) is 29.1 Å². The lowest BCUT2D eigenvalue weighted by Gasteiger charge is -2.25. The number of carbonyl (C=O) groups is 5. The Morgan fingerprint density at radius 2 is 1.12 bits per heavy atom. The van der Waals surface area contributed by atoms with Gasteiger partial charge in [-0.3, -0.25) is 9.59 Å². The van der Waals surface area contributed by atoms with Crippen molar-refractivity contribution in [3.05, 3.63) is 70.8 Å². The van der Waals surface area contributed by atoms with E-state index in [1.54, 1.807) is 52.0 Å². The quantitative estimate of drug-likeness (QED) is 0.434. The molecular weight excluding hydrogens is 430 g/mol. The summed E-state index contributed by atoms with van der Waals surface area (Å²) in [6.45, 7) is 6.83. The number of Topliss-reactive ketones (excluding diaryl/α,β-unsaturated/α-hetero) is 1. The number of rotatable bonds is 9. The molecule has 9 nitrogen and oxygen atoms in total. The van der Waals surface area contributed by atoms with Gasteiger partial charge in [0.2, 0.25) is 12.2 Å². The van der Waals surface area contributed by atoms with E-state index in [1.165, 1.54) is 24.3 Å². The molecule has 0 aliphatic heterocycles. The largest absolute Gasteiger partial charge is 0.475 e. The zero-order valence-corrected chi connectivity index (χ0v) is 18.7. The molecule has 2 unspecified atom stereocenters. The minimum Gasteiger partial charge on any atom is -0.475 e. The number of nitrogens with one attached hydrogen (secondary N) is 1. The number of amides is 1. The second kappa shape index (κ2) is 11.0. The fourth-order valence-electron chi connectivity index (χ4n) is 2.74. The summed E-state index contributed by atoms with van der Waals surface area (Å²) in [6.07, 6.45) is -4.23. The highest BCUT2D eigenvalue weighted by Crippen LogP contribution is 2.15. The SMILES string of the molecule is Cc1ccc(C(=O)OC(C(=O)NC(C)C)C(OC(=O)c2ccc(C)cc2)C(=O)C(=O)O)cc1. The molecule has 2 aromatic carbocycles. The van der Waals surface area contributed by atoms with Crippen molar-refractivity contribution in [1.82, 2.24) is 5.32 Å². The van der Waals surface area contributed by atoms with Crippen molar-refractivity contribution in [2.45, 2.75) is 45.9 Å². The second-order valence-electron chi connectivity index (χ2n) is 7.72. The molecule has 0 radical (unpaired) electrons. The van der Waals surface area contributed by atoms with E-state index < -0.39 is 47.8 Å². The van der Waals surface area contributed by atoms with E-state index in [1.807, 2.05) is 0 Å². The number of carbonyl (C=O) groups excluding carboxylic acids is 4. The van der Waals surface area contributed by atoms with E-state index >= 15 is 0 Å². The third-order valence-electron chi connectivity index (χ3n) is 4.48. The number of benzene rings is 2. The molecule has 174 valence electrons. The van der Waals surface area contributed by atoms with Crippen LogP contribution >= 0.6 is 0 Å². The van der Waals surface area contributed by atoms with Crippen LogP contribution in [0.2, 0.25) is 0 Å². The van der Waals surface area contributed by atoms with Crippen LogP contribution in [0.5, 0.6) is 0 Å². The van der Waals surface area contributed by atoms with Gasteiger partial charge in [-0.1, -0.05) is 35.4 Å². The Morgan fingerprint density at radius 3 is 1.48 bits per heavy atom. The van der Waals surface area contributed by atoms with Crippen LogP contribution in [0.25, 0.3) is 0 Å². The number of hydrogen-bond donors (Lipinski definition) is 2. The molecule has 1 amide bonds. The first-order valence-electron chi connectivity index (χ1n) is 10.1. The van der Waals surface area contributed by atoms with Gasteiger partial charge in [-0.2, -0.15) is 0 Å². The summed E-state index contributed by atoms with van der Waals surface area (Å²) < 4.78 is 10.3. The summed E-state index contributed by atoms with van der Waals surface area (Å²) in [4.78, 5) is 61.9. The second-order valence-corrected chi connectivity index (χ2v) is 7.72. The topological polar surface area (TPSA) is 136 Å². The van der Waals surface area contributed by atoms with E-state index in [0.717, 1.165) is 11.1 Å². The highest BCUT2D eigenvalue weighted by molar-refractivity contribution is 6.35. The highest BCUT2D eigenvalue weighted by Gasteiger charge is 2.43. The molecule has 2 rings (SSSR count). The van der Waals surface area contributed by atoms with Crippen molar-refractivity contribution in [3.8, 4) is 0 Å². The van der Waals surface area contributed by atoms with Crippen LogP contribution < -0.4 is 5.32 Å². The maximum Gasteiger partial charge on any atom is 0.376 e. The molecule has 0 saturated heterocycles. The number of aryl methyl sites for hydroxylation is 2. The maximum atomic E-state index is 12.8. The lowest BCUT2D eigenvalue weighted by molar-refractivity contribution is -0.159. The molecule has 9 heteroatoms. The fourth-order valence-corrected chi connectivity index (χ4v) is 2.74. The zero-order valence-electron chi connectivity index (χ0n) is 18.7. The first kappa shape index (κ1) is 25.3. The third-order valence-corrected chi connectivity index (χ3v) is 4.48. The van der Waals surface area contributed by atoms with Gasteiger partial charge in [-0.05, 0) is 52.0 Å². The summed E-state index contributed by atoms with van der Waals surface area (Å²) in [5.41, 5.74) is 1.81. The molecule has 0 heterocycles. The predicted octanol–water partition coefficient (Wildman–Crippen LogP) is 2.23. The van der Waals surface area contributed by atoms with Crippen LogP contribution in [0.3, 0.4) is 0 Å². The summed E-state index contributed by atoms with van der Waals surface area (Å²) >= 11 is 0. The predicted molar refractivity (Wildman–Crippen MR) is 117 cm³/mol. The van der Waals surface area contributed by atoms with Gasteiger partial charge < -0.3 is 19.9 Å². The zero-order chi connectivity index (χ0) is 24.7. The van der Waals surface area contributed by atoms with E-state index in [0.29, 0.717) is 0 Å². The summed E-state index contributed by atoms with van der Waals surface area (Å²) in [5.74, 6) is -6.60. The maximum absolute atomic E-state index is 12.8. The van der Waals surface area contributed by atoms with Gasteiger partial charge in [-0.25, -0.2) is 14.4 Å². The minimum absolute atomic E-state index is 0.0247. The lowest BCUT2D eigenvalue weighted by atomic mass is 10.1. The molecule has 0 bridgehead atoms. The third kappa shape index (κ3) is 6.99. The molecule has 2 N–H and O–H groups in total. The Labute approximate surface area is 190 Å². The number of aliphatic carboxylic acids is 1. The van der Waals surface area contributed by atoms with Crippen molar-refractivity contribution in [2.24, 2.45) is 0 Å². The van der Waals surface area contributed by atoms with Gasteiger partial charge in [0.15, 0.2) is 0 Å². The molecule has 2 atom stereocenters. The molecule has 2 aromatic rings. The summed E-state index contributed by atoms with van der Waals surface area (Å²) in [6, 6.07) is 11.8. The molecular formula is C24H25NO8. The average Bonchev–Trinajstić information content (AvgIpc) is 2.75. The van der Waals surface area contributed by atoms with Gasteiger partial charge in [-0.15, -0.1) is 0 Å². The number of esters is 2. The van der Waals surface area contributed by atoms with Crippen LogP contribution in [0, 0.1) is 13.8 Å².